The summed E-state index contributed by atoms with van der Waals surface area (Å²) in [6.07, 6.45) is 5.30. The van der Waals surface area contributed by atoms with Crippen molar-refractivity contribution in [2.24, 2.45) is 11.8 Å². The maximum atomic E-state index is 12.2. The molecule has 1 aromatic rings. The SMILES string of the molecule is CC1CCCCC1CNS(=O)(=O)c1ccc(CCO)s1. The fourth-order valence-electron chi connectivity index (χ4n) is 2.73. The molecule has 0 radical (unpaired) electrons. The molecule has 20 heavy (non-hydrogen) atoms. The number of aliphatic hydroxyl groups is 1. The number of thiophene rings is 1. The molecule has 2 N–H and O–H groups in total. The van der Waals surface area contributed by atoms with E-state index in [2.05, 4.69) is 11.6 Å². The number of aliphatic hydroxyl groups excluding tert-OH is 1. The zero-order valence-electron chi connectivity index (χ0n) is 11.8. The zero-order chi connectivity index (χ0) is 14.6. The lowest BCUT2D eigenvalue weighted by molar-refractivity contribution is 0.257. The molecule has 1 fully saturated rings. The van der Waals surface area contributed by atoms with Crippen LogP contribution in [0.5, 0.6) is 0 Å². The second-order valence-corrected chi connectivity index (χ2v) is 8.73. The van der Waals surface area contributed by atoms with Gasteiger partial charge in [0.1, 0.15) is 4.21 Å². The average molecular weight is 317 g/mol. The van der Waals surface area contributed by atoms with E-state index in [0.717, 1.165) is 11.3 Å². The van der Waals surface area contributed by atoms with Gasteiger partial charge in [-0.2, -0.15) is 0 Å². The Morgan fingerprint density at radius 3 is 2.80 bits per heavy atom. The van der Waals surface area contributed by atoms with Crippen LogP contribution in [0, 0.1) is 11.8 Å². The van der Waals surface area contributed by atoms with Crippen molar-refractivity contribution in [1.82, 2.24) is 4.72 Å². The number of hydrogen-bond acceptors (Lipinski definition) is 4. The van der Waals surface area contributed by atoms with E-state index in [9.17, 15) is 8.42 Å². The fourth-order valence-corrected chi connectivity index (χ4v) is 5.22. The van der Waals surface area contributed by atoms with Crippen LogP contribution in [0.2, 0.25) is 0 Å². The van der Waals surface area contributed by atoms with Gasteiger partial charge in [0, 0.05) is 24.4 Å². The van der Waals surface area contributed by atoms with Gasteiger partial charge in [-0.3, -0.25) is 0 Å². The molecule has 0 saturated heterocycles. The van der Waals surface area contributed by atoms with E-state index < -0.39 is 10.0 Å². The van der Waals surface area contributed by atoms with E-state index in [1.54, 1.807) is 12.1 Å². The van der Waals surface area contributed by atoms with Crippen molar-refractivity contribution in [2.45, 2.75) is 43.2 Å². The molecule has 1 heterocycles. The van der Waals surface area contributed by atoms with E-state index in [1.807, 2.05) is 0 Å². The van der Waals surface area contributed by atoms with E-state index in [4.69, 9.17) is 5.11 Å². The third kappa shape index (κ3) is 4.04. The highest BCUT2D eigenvalue weighted by Crippen LogP contribution is 2.29. The molecular formula is C14H23NO3S2. The summed E-state index contributed by atoms with van der Waals surface area (Å²) in [5, 5.41) is 8.88. The minimum atomic E-state index is -3.39. The van der Waals surface area contributed by atoms with Crippen LogP contribution in [0.4, 0.5) is 0 Å². The Kier molecular flexibility index (Phi) is 5.60. The van der Waals surface area contributed by atoms with Gasteiger partial charge in [-0.25, -0.2) is 13.1 Å². The summed E-state index contributed by atoms with van der Waals surface area (Å²) in [5.41, 5.74) is 0. The molecule has 1 aromatic heterocycles. The van der Waals surface area contributed by atoms with E-state index in [0.29, 0.717) is 29.0 Å². The molecule has 2 atom stereocenters. The summed E-state index contributed by atoms with van der Waals surface area (Å²) < 4.78 is 27.6. The second-order valence-electron chi connectivity index (χ2n) is 5.57. The minimum absolute atomic E-state index is 0.0486. The second kappa shape index (κ2) is 7.02. The summed E-state index contributed by atoms with van der Waals surface area (Å²) in [6.45, 7) is 2.80. The van der Waals surface area contributed by atoms with Gasteiger partial charge in [0.05, 0.1) is 0 Å². The molecule has 2 rings (SSSR count). The number of sulfonamides is 1. The molecule has 1 aliphatic carbocycles. The van der Waals surface area contributed by atoms with Gasteiger partial charge in [-0.1, -0.05) is 26.2 Å². The Bertz CT molecular complexity index is 524. The maximum Gasteiger partial charge on any atom is 0.250 e. The molecule has 0 aliphatic heterocycles. The van der Waals surface area contributed by atoms with Crippen molar-refractivity contribution in [1.29, 1.82) is 0 Å². The van der Waals surface area contributed by atoms with Crippen molar-refractivity contribution in [3.63, 3.8) is 0 Å². The first kappa shape index (κ1) is 15.9. The summed E-state index contributed by atoms with van der Waals surface area (Å²) in [4.78, 5) is 0.902. The van der Waals surface area contributed by atoms with Gasteiger partial charge in [-0.15, -0.1) is 11.3 Å². The van der Waals surface area contributed by atoms with Crippen molar-refractivity contribution in [2.75, 3.05) is 13.2 Å². The first-order valence-electron chi connectivity index (χ1n) is 7.22. The highest BCUT2D eigenvalue weighted by Gasteiger charge is 2.24. The first-order valence-corrected chi connectivity index (χ1v) is 9.52. The maximum absolute atomic E-state index is 12.2. The molecule has 0 amide bonds. The van der Waals surface area contributed by atoms with Crippen LogP contribution in [-0.2, 0) is 16.4 Å². The molecule has 114 valence electrons. The molecule has 2 unspecified atom stereocenters. The fraction of sp³-hybridized carbons (Fsp3) is 0.714. The molecule has 1 saturated carbocycles. The van der Waals surface area contributed by atoms with Crippen LogP contribution in [0.3, 0.4) is 0 Å². The van der Waals surface area contributed by atoms with E-state index in [1.165, 1.54) is 30.6 Å². The van der Waals surface area contributed by atoms with Crippen LogP contribution in [0.15, 0.2) is 16.3 Å². The third-order valence-corrected chi connectivity index (χ3v) is 7.15. The average Bonchev–Trinajstić information content (AvgIpc) is 2.88. The third-order valence-electron chi connectivity index (χ3n) is 4.08. The molecule has 0 spiro atoms. The van der Waals surface area contributed by atoms with Crippen LogP contribution >= 0.6 is 11.3 Å². The minimum Gasteiger partial charge on any atom is -0.396 e. The van der Waals surface area contributed by atoms with Gasteiger partial charge in [-0.05, 0) is 30.4 Å². The van der Waals surface area contributed by atoms with E-state index in [-0.39, 0.29) is 6.61 Å². The number of nitrogens with one attached hydrogen (secondary N) is 1. The Hall–Kier alpha value is -0.430. The predicted molar refractivity (Wildman–Crippen MR) is 81.4 cm³/mol. The molecule has 1 aliphatic rings. The normalized spacial score (nSPS) is 23.9. The lowest BCUT2D eigenvalue weighted by atomic mass is 9.81. The standard InChI is InChI=1S/C14H23NO3S2/c1-11-4-2-3-5-12(11)10-15-20(17,18)14-7-6-13(19-14)8-9-16/h6-7,11-12,15-16H,2-5,8-10H2,1H3. The number of hydrogen-bond donors (Lipinski definition) is 2. The first-order chi connectivity index (χ1) is 9.53. The summed E-state index contributed by atoms with van der Waals surface area (Å²) in [5.74, 6) is 1.05. The largest absolute Gasteiger partial charge is 0.396 e. The van der Waals surface area contributed by atoms with Gasteiger partial charge >= 0.3 is 0 Å². The van der Waals surface area contributed by atoms with Crippen LogP contribution in [0.1, 0.15) is 37.5 Å². The molecule has 0 bridgehead atoms. The van der Waals surface area contributed by atoms with E-state index >= 15 is 0 Å². The van der Waals surface area contributed by atoms with Crippen LogP contribution in [0.25, 0.3) is 0 Å². The van der Waals surface area contributed by atoms with Gasteiger partial charge in [0.2, 0.25) is 10.0 Å². The van der Waals surface area contributed by atoms with Crippen molar-refractivity contribution in [3.05, 3.63) is 17.0 Å². The zero-order valence-corrected chi connectivity index (χ0v) is 13.5. The lowest BCUT2D eigenvalue weighted by Gasteiger charge is -2.28. The highest BCUT2D eigenvalue weighted by atomic mass is 32.2. The quantitative estimate of drug-likeness (QED) is 0.846. The molecular weight excluding hydrogens is 294 g/mol. The van der Waals surface area contributed by atoms with Crippen LogP contribution < -0.4 is 4.72 Å². The van der Waals surface area contributed by atoms with Crippen molar-refractivity contribution in [3.8, 4) is 0 Å². The van der Waals surface area contributed by atoms with Crippen molar-refractivity contribution < 1.29 is 13.5 Å². The Morgan fingerprint density at radius 1 is 1.35 bits per heavy atom. The Labute approximate surface area is 125 Å². The van der Waals surface area contributed by atoms with Crippen molar-refractivity contribution >= 4 is 21.4 Å². The predicted octanol–water partition coefficient (Wildman–Crippen LogP) is 2.39. The van der Waals surface area contributed by atoms with Gasteiger partial charge in [0.15, 0.2) is 0 Å². The molecule has 6 heteroatoms. The lowest BCUT2D eigenvalue weighted by Crippen LogP contribution is -2.33. The summed E-state index contributed by atoms with van der Waals surface area (Å²) in [6, 6.07) is 3.40. The van der Waals surface area contributed by atoms with Crippen LogP contribution in [-0.4, -0.2) is 26.7 Å². The molecule has 0 aromatic carbocycles. The smallest absolute Gasteiger partial charge is 0.250 e. The van der Waals surface area contributed by atoms with Gasteiger partial charge < -0.3 is 5.11 Å². The van der Waals surface area contributed by atoms with Gasteiger partial charge in [0.25, 0.3) is 0 Å². The molecule has 4 nitrogen and oxygen atoms in total. The monoisotopic (exact) mass is 317 g/mol. The number of rotatable bonds is 6. The topological polar surface area (TPSA) is 66.4 Å². The summed E-state index contributed by atoms with van der Waals surface area (Å²) >= 11 is 1.24. The Balaban J connectivity index is 1.95. The summed E-state index contributed by atoms with van der Waals surface area (Å²) in [7, 11) is -3.39. The highest BCUT2D eigenvalue weighted by molar-refractivity contribution is 7.91. The Morgan fingerprint density at radius 2 is 2.10 bits per heavy atom.